The molecule has 0 spiro atoms. The molecule has 5 heteroatoms. The highest BCUT2D eigenvalue weighted by molar-refractivity contribution is 6.43. The lowest BCUT2D eigenvalue weighted by Gasteiger charge is -2.13. The van der Waals surface area contributed by atoms with Crippen LogP contribution in [0.5, 0.6) is 0 Å². The van der Waals surface area contributed by atoms with Crippen LogP contribution in [0.3, 0.4) is 0 Å². The van der Waals surface area contributed by atoms with Crippen LogP contribution in [0.2, 0.25) is 0 Å². The quantitative estimate of drug-likeness (QED) is 0.600. The molecule has 0 aromatic carbocycles. The van der Waals surface area contributed by atoms with Gasteiger partial charge in [0.05, 0.1) is 0 Å². The van der Waals surface area contributed by atoms with E-state index in [-0.39, 0.29) is 17.7 Å². The van der Waals surface area contributed by atoms with Crippen molar-refractivity contribution in [3.63, 3.8) is 0 Å². The molecule has 0 saturated carbocycles. The highest BCUT2D eigenvalue weighted by atomic mass is 16.6. The molecule has 5 nitrogen and oxygen atoms in total. The molecule has 1 amide bonds. The number of hydrogen-bond acceptors (Lipinski definition) is 4. The van der Waals surface area contributed by atoms with E-state index in [2.05, 4.69) is 22.0 Å². The van der Waals surface area contributed by atoms with Crippen LogP contribution in [0.4, 0.5) is 0 Å². The minimum Gasteiger partial charge on any atom is -0.395 e. The van der Waals surface area contributed by atoms with Gasteiger partial charge < -0.3 is 10.2 Å². The van der Waals surface area contributed by atoms with Gasteiger partial charge in [0.2, 0.25) is 0 Å². The van der Waals surface area contributed by atoms with Crippen molar-refractivity contribution in [1.29, 1.82) is 0 Å². The normalized spacial score (nSPS) is 12.6. The number of rotatable bonds is 7. The van der Waals surface area contributed by atoms with Gasteiger partial charge in [-0.2, -0.15) is 0 Å². The molecule has 1 atom stereocenters. The third-order valence-corrected chi connectivity index (χ3v) is 2.34. The number of oxime groups is 1. The predicted molar refractivity (Wildman–Crippen MR) is 74.8 cm³/mol. The van der Waals surface area contributed by atoms with Gasteiger partial charge in [-0.25, -0.2) is 0 Å². The topological polar surface area (TPSA) is 63.6 Å². The third-order valence-electron chi connectivity index (χ3n) is 2.34. The summed E-state index contributed by atoms with van der Waals surface area (Å²) in [5.74, 6) is -0.299. The minimum absolute atomic E-state index is 0.0471. The molecule has 1 N–H and O–H groups in total. The van der Waals surface area contributed by atoms with Crippen molar-refractivity contribution >= 4 is 11.6 Å². The van der Waals surface area contributed by atoms with E-state index in [1.165, 1.54) is 6.08 Å². The van der Waals surface area contributed by atoms with Gasteiger partial charge in [-0.15, -0.1) is 0 Å². The Morgan fingerprint density at radius 1 is 1.63 bits per heavy atom. The number of carbonyl (C=O) groups excluding carboxylic acids is 1. The third kappa shape index (κ3) is 5.33. The number of carbonyl (C=O) groups is 1. The number of hydrogen-bond donors (Lipinski definition) is 1. The minimum atomic E-state index is -0.299. The second-order valence-electron chi connectivity index (χ2n) is 4.00. The fraction of sp³-hybridized carbons (Fsp3) is 0.357. The summed E-state index contributed by atoms with van der Waals surface area (Å²) in [5, 5.41) is 6.52. The lowest BCUT2D eigenvalue weighted by molar-refractivity contribution is -0.115. The zero-order valence-corrected chi connectivity index (χ0v) is 11.3. The molecule has 0 radical (unpaired) electrons. The van der Waals surface area contributed by atoms with Crippen LogP contribution >= 0.6 is 0 Å². The van der Waals surface area contributed by atoms with Crippen molar-refractivity contribution in [3.8, 4) is 0 Å². The predicted octanol–water partition coefficient (Wildman–Crippen LogP) is 1.71. The number of pyridine rings is 1. The highest BCUT2D eigenvalue weighted by Gasteiger charge is 2.13. The van der Waals surface area contributed by atoms with Crippen molar-refractivity contribution < 1.29 is 9.63 Å². The van der Waals surface area contributed by atoms with Crippen LogP contribution in [0.15, 0.2) is 42.2 Å². The number of aromatic nitrogens is 1. The molecule has 0 aliphatic rings. The molecule has 1 aromatic rings. The van der Waals surface area contributed by atoms with Crippen molar-refractivity contribution in [2.75, 3.05) is 6.61 Å². The van der Waals surface area contributed by atoms with E-state index in [1.54, 1.807) is 13.1 Å². The molecule has 102 valence electrons. The smallest absolute Gasteiger partial charge is 0.273 e. The first-order chi connectivity index (χ1) is 9.17. The van der Waals surface area contributed by atoms with Gasteiger partial charge in [0, 0.05) is 24.4 Å². The molecule has 19 heavy (non-hydrogen) atoms. The summed E-state index contributed by atoms with van der Waals surface area (Å²) in [6.07, 6.45) is 3.76. The molecular formula is C14H19N3O2. The van der Waals surface area contributed by atoms with Crippen LogP contribution in [-0.2, 0) is 16.1 Å². The zero-order valence-electron chi connectivity index (χ0n) is 11.3. The maximum atomic E-state index is 11.9. The average Bonchev–Trinajstić information content (AvgIpc) is 2.40. The van der Waals surface area contributed by atoms with E-state index >= 15 is 0 Å². The largest absolute Gasteiger partial charge is 0.395 e. The SMILES string of the molecule is C=C/C(=N\OCC)C(=O)N[C@H](C)Cc1ccccn1. The van der Waals surface area contributed by atoms with Crippen molar-refractivity contribution in [2.45, 2.75) is 26.3 Å². The maximum Gasteiger partial charge on any atom is 0.273 e. The van der Waals surface area contributed by atoms with E-state index < -0.39 is 0 Å². The molecule has 0 saturated heterocycles. The lowest BCUT2D eigenvalue weighted by atomic mass is 10.1. The fourth-order valence-electron chi connectivity index (χ4n) is 1.49. The van der Waals surface area contributed by atoms with Crippen molar-refractivity contribution in [1.82, 2.24) is 10.3 Å². The Balaban J connectivity index is 2.53. The molecule has 0 aliphatic carbocycles. The first-order valence-electron chi connectivity index (χ1n) is 6.20. The number of nitrogens with zero attached hydrogens (tertiary/aromatic N) is 2. The first-order valence-corrected chi connectivity index (χ1v) is 6.20. The molecule has 0 unspecified atom stereocenters. The molecule has 0 fully saturated rings. The second kappa shape index (κ2) is 8.02. The number of amides is 1. The van der Waals surface area contributed by atoms with E-state index in [1.807, 2.05) is 25.1 Å². The van der Waals surface area contributed by atoms with Gasteiger partial charge in [0.25, 0.3) is 5.91 Å². The van der Waals surface area contributed by atoms with Crippen molar-refractivity contribution in [2.24, 2.45) is 5.16 Å². The van der Waals surface area contributed by atoms with Gasteiger partial charge in [-0.1, -0.05) is 17.8 Å². The highest BCUT2D eigenvalue weighted by Crippen LogP contribution is 1.99. The van der Waals surface area contributed by atoms with Gasteiger partial charge in [0.15, 0.2) is 5.71 Å². The molecule has 1 aromatic heterocycles. The second-order valence-corrected chi connectivity index (χ2v) is 4.00. The summed E-state index contributed by atoms with van der Waals surface area (Å²) in [4.78, 5) is 20.9. The molecule has 0 aliphatic heterocycles. The maximum absolute atomic E-state index is 11.9. The lowest BCUT2D eigenvalue weighted by Crippen LogP contribution is -2.38. The molecular weight excluding hydrogens is 242 g/mol. The Morgan fingerprint density at radius 3 is 3.00 bits per heavy atom. The summed E-state index contributed by atoms with van der Waals surface area (Å²) in [6.45, 7) is 7.66. The van der Waals surface area contributed by atoms with E-state index in [4.69, 9.17) is 4.84 Å². The van der Waals surface area contributed by atoms with Crippen LogP contribution < -0.4 is 5.32 Å². The van der Waals surface area contributed by atoms with Crippen LogP contribution in [0.25, 0.3) is 0 Å². The summed E-state index contributed by atoms with van der Waals surface area (Å²) >= 11 is 0. The fourth-order valence-corrected chi connectivity index (χ4v) is 1.49. The standard InChI is InChI=1S/C14H19N3O2/c1-4-13(17-19-5-2)14(18)16-11(3)10-12-8-6-7-9-15-12/h4,6-9,11H,1,5,10H2,2-3H3,(H,16,18)/b17-13+/t11-/m1/s1. The first kappa shape index (κ1) is 14.9. The van der Waals surface area contributed by atoms with Crippen LogP contribution in [0.1, 0.15) is 19.5 Å². The Labute approximate surface area is 113 Å². The van der Waals surface area contributed by atoms with Gasteiger partial charge in [0.1, 0.15) is 6.61 Å². The Morgan fingerprint density at radius 2 is 2.42 bits per heavy atom. The Kier molecular flexibility index (Phi) is 6.29. The van der Waals surface area contributed by atoms with Crippen LogP contribution in [-0.4, -0.2) is 29.3 Å². The Hall–Kier alpha value is -2.17. The van der Waals surface area contributed by atoms with E-state index in [0.29, 0.717) is 13.0 Å². The van der Waals surface area contributed by atoms with E-state index in [0.717, 1.165) is 5.69 Å². The molecule has 1 heterocycles. The van der Waals surface area contributed by atoms with Gasteiger partial charge in [-0.3, -0.25) is 9.78 Å². The molecule has 0 bridgehead atoms. The van der Waals surface area contributed by atoms with Gasteiger partial charge in [-0.05, 0) is 32.1 Å². The van der Waals surface area contributed by atoms with Gasteiger partial charge >= 0.3 is 0 Å². The summed E-state index contributed by atoms with van der Waals surface area (Å²) in [6, 6.07) is 5.65. The zero-order chi connectivity index (χ0) is 14.1. The average molecular weight is 261 g/mol. The summed E-state index contributed by atoms with van der Waals surface area (Å²) in [5.41, 5.74) is 1.10. The van der Waals surface area contributed by atoms with Crippen molar-refractivity contribution in [3.05, 3.63) is 42.7 Å². The van der Waals surface area contributed by atoms with E-state index in [9.17, 15) is 4.79 Å². The summed E-state index contributed by atoms with van der Waals surface area (Å²) in [7, 11) is 0. The Bertz CT molecular complexity index is 443. The van der Waals surface area contributed by atoms with Crippen LogP contribution in [0, 0.1) is 0 Å². The molecule has 1 rings (SSSR count). The number of nitrogens with one attached hydrogen (secondary N) is 1. The summed E-state index contributed by atoms with van der Waals surface area (Å²) < 4.78 is 0. The monoisotopic (exact) mass is 261 g/mol.